The van der Waals surface area contributed by atoms with Gasteiger partial charge in [-0.05, 0) is 13.0 Å². The first-order valence-electron chi connectivity index (χ1n) is 4.08. The lowest BCUT2D eigenvalue weighted by molar-refractivity contribution is 0.225. The molecule has 0 bridgehead atoms. The van der Waals surface area contributed by atoms with Crippen LogP contribution in [0.2, 0.25) is 0 Å². The molecule has 2 rings (SSSR count). The Kier molecular flexibility index (Phi) is 1.38. The molecule has 3 nitrogen and oxygen atoms in total. The van der Waals surface area contributed by atoms with Crippen molar-refractivity contribution in [1.82, 2.24) is 5.01 Å². The van der Waals surface area contributed by atoms with Crippen LogP contribution in [0.5, 0.6) is 0 Å². The molecule has 0 fully saturated rings. The van der Waals surface area contributed by atoms with Crippen LogP contribution in [0.15, 0.2) is 29.4 Å². The molecule has 1 heterocycles. The first-order chi connectivity index (χ1) is 5.64. The van der Waals surface area contributed by atoms with Gasteiger partial charge in [-0.25, -0.2) is 0 Å². The van der Waals surface area contributed by atoms with Crippen LogP contribution in [0.25, 0.3) is 0 Å². The minimum atomic E-state index is -0.0938. The van der Waals surface area contributed by atoms with Gasteiger partial charge in [0.05, 0.1) is 11.1 Å². The van der Waals surface area contributed by atoms with Crippen molar-refractivity contribution < 1.29 is 0 Å². The van der Waals surface area contributed by atoms with Crippen LogP contribution in [0.4, 0.5) is 0 Å². The molecule has 3 heteroatoms. The highest BCUT2D eigenvalue weighted by molar-refractivity contribution is 6.03. The predicted octanol–water partition coefficient (Wildman–Crippen LogP) is 0.705. The van der Waals surface area contributed by atoms with Crippen LogP contribution < -0.4 is 5.73 Å². The molecule has 0 amide bonds. The maximum atomic E-state index is 5.99. The summed E-state index contributed by atoms with van der Waals surface area (Å²) in [5, 5.41) is 6.16. The molecule has 0 radical (unpaired) electrons. The summed E-state index contributed by atoms with van der Waals surface area (Å²) < 4.78 is 0. The van der Waals surface area contributed by atoms with E-state index in [-0.39, 0.29) is 11.6 Å². The molecule has 2 unspecified atom stereocenters. The van der Waals surface area contributed by atoms with E-state index >= 15 is 0 Å². The molecule has 0 spiro atoms. The van der Waals surface area contributed by atoms with Crippen LogP contribution in [0.1, 0.15) is 6.92 Å². The van der Waals surface area contributed by atoms with Crippen molar-refractivity contribution in [3.8, 4) is 0 Å². The molecule has 64 valence electrons. The van der Waals surface area contributed by atoms with Gasteiger partial charge in [-0.2, -0.15) is 5.10 Å². The lowest BCUT2D eigenvalue weighted by Crippen LogP contribution is -2.45. The van der Waals surface area contributed by atoms with Crippen molar-refractivity contribution in [2.75, 3.05) is 7.05 Å². The standard InChI is InChI=1S/C9H13N3/c1-9-6-4-3-5-7(9)11-12(2)8(9)10/h3-6,8H,10H2,1-2H3. The summed E-state index contributed by atoms with van der Waals surface area (Å²) in [6.07, 6.45) is 8.11. The van der Waals surface area contributed by atoms with E-state index in [0.717, 1.165) is 5.71 Å². The second kappa shape index (κ2) is 2.20. The van der Waals surface area contributed by atoms with Gasteiger partial charge in [0.15, 0.2) is 0 Å². The van der Waals surface area contributed by atoms with E-state index in [2.05, 4.69) is 18.1 Å². The maximum absolute atomic E-state index is 5.99. The zero-order valence-electron chi connectivity index (χ0n) is 7.36. The molecule has 1 aliphatic heterocycles. The topological polar surface area (TPSA) is 41.6 Å². The Morgan fingerprint density at radius 1 is 1.58 bits per heavy atom. The van der Waals surface area contributed by atoms with E-state index in [1.54, 1.807) is 0 Å². The van der Waals surface area contributed by atoms with Gasteiger partial charge < -0.3 is 5.73 Å². The number of hydrogen-bond donors (Lipinski definition) is 1. The zero-order valence-corrected chi connectivity index (χ0v) is 7.36. The molecule has 2 atom stereocenters. The second-order valence-electron chi connectivity index (χ2n) is 3.50. The highest BCUT2D eigenvalue weighted by Crippen LogP contribution is 2.34. The smallest absolute Gasteiger partial charge is 0.108 e. The number of hydrazone groups is 1. The summed E-state index contributed by atoms with van der Waals surface area (Å²) in [5.74, 6) is 0. The third-order valence-electron chi connectivity index (χ3n) is 2.64. The Bertz CT molecular complexity index is 290. The fourth-order valence-corrected chi connectivity index (χ4v) is 1.68. The van der Waals surface area contributed by atoms with Crippen molar-refractivity contribution in [3.63, 3.8) is 0 Å². The molecule has 0 aromatic rings. The van der Waals surface area contributed by atoms with E-state index < -0.39 is 0 Å². The molecule has 0 saturated carbocycles. The van der Waals surface area contributed by atoms with Gasteiger partial charge in [-0.3, -0.25) is 5.01 Å². The lowest BCUT2D eigenvalue weighted by atomic mass is 9.80. The molecule has 1 aliphatic carbocycles. The summed E-state index contributed by atoms with van der Waals surface area (Å²) in [6.45, 7) is 2.11. The second-order valence-corrected chi connectivity index (χ2v) is 3.50. The van der Waals surface area contributed by atoms with E-state index in [4.69, 9.17) is 5.73 Å². The lowest BCUT2D eigenvalue weighted by Gasteiger charge is -2.29. The molecule has 2 aliphatic rings. The van der Waals surface area contributed by atoms with E-state index in [0.29, 0.717) is 0 Å². The number of nitrogens with two attached hydrogens (primary N) is 1. The van der Waals surface area contributed by atoms with E-state index in [9.17, 15) is 0 Å². The Balaban J connectivity index is 2.45. The summed E-state index contributed by atoms with van der Waals surface area (Å²) >= 11 is 0. The molecule has 0 saturated heterocycles. The first kappa shape index (κ1) is 7.55. The van der Waals surface area contributed by atoms with E-state index in [1.807, 2.05) is 30.3 Å². The third-order valence-corrected chi connectivity index (χ3v) is 2.64. The molecular formula is C9H13N3. The van der Waals surface area contributed by atoms with Gasteiger partial charge in [0.2, 0.25) is 0 Å². The Morgan fingerprint density at radius 2 is 2.33 bits per heavy atom. The Hall–Kier alpha value is -1.09. The highest BCUT2D eigenvalue weighted by Gasteiger charge is 2.41. The minimum absolute atomic E-state index is 0.0336. The zero-order chi connectivity index (χ0) is 8.77. The molecular weight excluding hydrogens is 150 g/mol. The average molecular weight is 163 g/mol. The van der Waals surface area contributed by atoms with Gasteiger partial charge in [0, 0.05) is 7.05 Å². The van der Waals surface area contributed by atoms with Crippen molar-refractivity contribution in [1.29, 1.82) is 0 Å². The van der Waals surface area contributed by atoms with Crippen LogP contribution in [0.3, 0.4) is 0 Å². The summed E-state index contributed by atoms with van der Waals surface area (Å²) in [5.41, 5.74) is 6.96. The summed E-state index contributed by atoms with van der Waals surface area (Å²) in [7, 11) is 1.91. The molecule has 0 aromatic heterocycles. The number of rotatable bonds is 0. The first-order valence-corrected chi connectivity index (χ1v) is 4.08. The number of hydrogen-bond acceptors (Lipinski definition) is 3. The summed E-state index contributed by atoms with van der Waals surface area (Å²) in [4.78, 5) is 0. The van der Waals surface area contributed by atoms with Crippen molar-refractivity contribution in [2.45, 2.75) is 13.1 Å². The molecule has 0 aromatic carbocycles. The van der Waals surface area contributed by atoms with Gasteiger partial charge in [0.25, 0.3) is 0 Å². The fourth-order valence-electron chi connectivity index (χ4n) is 1.68. The number of nitrogens with zero attached hydrogens (tertiary/aromatic N) is 2. The highest BCUT2D eigenvalue weighted by atomic mass is 15.5. The fraction of sp³-hybridized carbons (Fsp3) is 0.444. The van der Waals surface area contributed by atoms with Crippen LogP contribution in [-0.4, -0.2) is 23.9 Å². The molecule has 12 heavy (non-hydrogen) atoms. The normalized spacial score (nSPS) is 38.4. The predicted molar refractivity (Wildman–Crippen MR) is 49.6 cm³/mol. The van der Waals surface area contributed by atoms with Crippen molar-refractivity contribution in [3.05, 3.63) is 24.3 Å². The summed E-state index contributed by atoms with van der Waals surface area (Å²) in [6, 6.07) is 0. The largest absolute Gasteiger partial charge is 0.309 e. The molecule has 2 N–H and O–H groups in total. The SMILES string of the molecule is CN1N=C2C=CC=CC2(C)C1N. The van der Waals surface area contributed by atoms with Gasteiger partial charge in [-0.15, -0.1) is 0 Å². The maximum Gasteiger partial charge on any atom is 0.108 e. The van der Waals surface area contributed by atoms with Crippen LogP contribution in [-0.2, 0) is 0 Å². The monoisotopic (exact) mass is 163 g/mol. The van der Waals surface area contributed by atoms with Crippen molar-refractivity contribution in [2.24, 2.45) is 16.3 Å². The number of fused-ring (bicyclic) bond motifs is 1. The van der Waals surface area contributed by atoms with Crippen molar-refractivity contribution >= 4 is 5.71 Å². The Morgan fingerprint density at radius 3 is 3.00 bits per heavy atom. The average Bonchev–Trinajstić information content (AvgIpc) is 2.28. The minimum Gasteiger partial charge on any atom is -0.309 e. The van der Waals surface area contributed by atoms with Gasteiger partial charge in [-0.1, -0.05) is 18.2 Å². The van der Waals surface area contributed by atoms with E-state index in [1.165, 1.54) is 0 Å². The van der Waals surface area contributed by atoms with Crippen LogP contribution >= 0.6 is 0 Å². The van der Waals surface area contributed by atoms with Gasteiger partial charge >= 0.3 is 0 Å². The third kappa shape index (κ3) is 0.770. The quantitative estimate of drug-likeness (QED) is 0.571. The van der Waals surface area contributed by atoms with Crippen LogP contribution in [0, 0.1) is 5.41 Å². The Labute approximate surface area is 72.2 Å². The van der Waals surface area contributed by atoms with Gasteiger partial charge in [0.1, 0.15) is 6.17 Å². The number of allylic oxidation sites excluding steroid dienone is 3.